The standard InChI is InChI=1S/2C29H24BrNO3S/c2*1-3-10-25-26(19-20-27(30)22-11-6-4-7-12-22)29(34-28(25)23-13-8-5-9-14-23)31-35(32,33)24-17-15-21(2)16-18-24/h2*3-9,11-20H,1,10H2,2H3/b2*26-19-,27-20-,31-29-. The van der Waals surface area contributed by atoms with Crippen LogP contribution in [0.2, 0.25) is 0 Å². The third-order valence-corrected chi connectivity index (χ3v) is 14.8. The van der Waals surface area contributed by atoms with Crippen LogP contribution in [0, 0.1) is 13.8 Å². The van der Waals surface area contributed by atoms with Gasteiger partial charge in [0.05, 0.1) is 9.79 Å². The second kappa shape index (κ2) is 23.6. The maximum atomic E-state index is 13.2. The number of nitrogens with zero attached hydrogens (tertiary/aromatic N) is 2. The van der Waals surface area contributed by atoms with Gasteiger partial charge in [-0.2, -0.15) is 16.8 Å². The van der Waals surface area contributed by atoms with Crippen LogP contribution in [0.5, 0.6) is 0 Å². The van der Waals surface area contributed by atoms with Crippen LogP contribution in [-0.4, -0.2) is 28.6 Å². The minimum Gasteiger partial charge on any atom is -0.437 e. The zero-order valence-electron chi connectivity index (χ0n) is 38.4. The molecule has 8 nitrogen and oxygen atoms in total. The smallest absolute Gasteiger partial charge is 0.285 e. The molecule has 352 valence electrons. The molecule has 0 saturated heterocycles. The fourth-order valence-electron chi connectivity index (χ4n) is 7.19. The van der Waals surface area contributed by atoms with E-state index in [4.69, 9.17) is 9.47 Å². The zero-order valence-corrected chi connectivity index (χ0v) is 43.2. The summed E-state index contributed by atoms with van der Waals surface area (Å²) in [5.74, 6) is 1.20. The lowest BCUT2D eigenvalue weighted by Gasteiger charge is -2.05. The Balaban J connectivity index is 0.000000206. The zero-order chi connectivity index (χ0) is 49.7. The Hall–Kier alpha value is -6.96. The van der Waals surface area contributed by atoms with E-state index in [1.165, 1.54) is 0 Å². The number of sulfonamides is 2. The van der Waals surface area contributed by atoms with E-state index in [1.807, 2.05) is 159 Å². The third kappa shape index (κ3) is 12.8. The minimum atomic E-state index is -3.99. The Bertz CT molecular complexity index is 3130. The first kappa shape index (κ1) is 50.9. The van der Waals surface area contributed by atoms with E-state index in [1.54, 1.807) is 60.7 Å². The van der Waals surface area contributed by atoms with Crippen molar-refractivity contribution in [2.24, 2.45) is 8.80 Å². The summed E-state index contributed by atoms with van der Waals surface area (Å²) in [5, 5.41) is 0. The van der Waals surface area contributed by atoms with E-state index in [0.717, 1.165) is 53.5 Å². The maximum absolute atomic E-state index is 13.2. The van der Waals surface area contributed by atoms with Crippen LogP contribution >= 0.6 is 31.9 Å². The first-order chi connectivity index (χ1) is 33.8. The molecule has 0 radical (unpaired) electrons. The number of ether oxygens (including phenoxy) is 2. The summed E-state index contributed by atoms with van der Waals surface area (Å²) in [4.78, 5) is 0.219. The SMILES string of the molecule is C=CCC1=C(c2ccccc2)OC(=N\S(=O)(=O)c2ccc(C)cc2)/C1=C\C=C(/Br)c1ccccc1.C=CCC1=C(c2ccccc2)OC(=N\S(=O)(=O)c2ccc(C)cc2)/C1=C\C=C(/Br)c1ccccc1. The fraction of sp³-hybridized carbons (Fsp3) is 0.0690. The van der Waals surface area contributed by atoms with Crippen molar-refractivity contribution in [2.75, 3.05) is 0 Å². The van der Waals surface area contributed by atoms with Crippen LogP contribution in [0.1, 0.15) is 46.2 Å². The molecule has 2 aliphatic heterocycles. The van der Waals surface area contributed by atoms with Gasteiger partial charge in [0.2, 0.25) is 11.8 Å². The molecule has 6 aromatic carbocycles. The highest BCUT2D eigenvalue weighted by Gasteiger charge is 2.32. The van der Waals surface area contributed by atoms with Crippen molar-refractivity contribution in [3.63, 3.8) is 0 Å². The monoisotopic (exact) mass is 1090 g/mol. The van der Waals surface area contributed by atoms with E-state index in [-0.39, 0.29) is 21.6 Å². The van der Waals surface area contributed by atoms with Crippen molar-refractivity contribution in [1.29, 1.82) is 0 Å². The van der Waals surface area contributed by atoms with E-state index in [2.05, 4.69) is 53.8 Å². The van der Waals surface area contributed by atoms with Crippen LogP contribution < -0.4 is 0 Å². The second-order valence-corrected chi connectivity index (χ2v) is 20.7. The largest absolute Gasteiger partial charge is 0.437 e. The molecule has 0 aliphatic carbocycles. The van der Waals surface area contributed by atoms with Crippen LogP contribution in [0.15, 0.2) is 260 Å². The predicted octanol–water partition coefficient (Wildman–Crippen LogP) is 14.9. The first-order valence-electron chi connectivity index (χ1n) is 22.0. The van der Waals surface area contributed by atoms with Gasteiger partial charge in [0, 0.05) is 42.4 Å². The molecule has 12 heteroatoms. The van der Waals surface area contributed by atoms with Crippen molar-refractivity contribution >= 4 is 84.2 Å². The van der Waals surface area contributed by atoms with E-state index in [9.17, 15) is 16.8 Å². The molecule has 0 atom stereocenters. The van der Waals surface area contributed by atoms with Gasteiger partial charge in [-0.25, -0.2) is 0 Å². The average Bonchev–Trinajstić information content (AvgIpc) is 3.89. The van der Waals surface area contributed by atoms with Crippen molar-refractivity contribution in [3.05, 3.63) is 275 Å². The Labute approximate surface area is 427 Å². The molecule has 0 bridgehead atoms. The molecule has 8 rings (SSSR count). The Kier molecular flexibility index (Phi) is 17.1. The highest BCUT2D eigenvalue weighted by molar-refractivity contribution is 9.15. The molecule has 2 heterocycles. The van der Waals surface area contributed by atoms with Gasteiger partial charge in [-0.15, -0.1) is 22.0 Å². The van der Waals surface area contributed by atoms with Crippen LogP contribution in [0.4, 0.5) is 0 Å². The summed E-state index contributed by atoms with van der Waals surface area (Å²) in [7, 11) is -7.98. The Morgan fingerprint density at radius 3 is 1.11 bits per heavy atom. The lowest BCUT2D eigenvalue weighted by Crippen LogP contribution is -2.07. The summed E-state index contributed by atoms with van der Waals surface area (Å²) in [6.07, 6.45) is 11.9. The molecular weight excluding hydrogens is 1040 g/mol. The normalized spacial score (nSPS) is 16.6. The molecule has 0 amide bonds. The van der Waals surface area contributed by atoms with E-state index in [0.29, 0.717) is 35.5 Å². The second-order valence-electron chi connectivity index (χ2n) is 15.8. The molecular formula is C58H48Br2N2O6S2. The number of hydrogen-bond donors (Lipinski definition) is 0. The molecule has 0 spiro atoms. The van der Waals surface area contributed by atoms with Gasteiger partial charge in [-0.05, 0) is 86.4 Å². The maximum Gasteiger partial charge on any atom is 0.285 e. The summed E-state index contributed by atoms with van der Waals surface area (Å²) < 4.78 is 74.8. The van der Waals surface area contributed by atoms with Crippen LogP contribution in [0.25, 0.3) is 20.5 Å². The van der Waals surface area contributed by atoms with Crippen molar-refractivity contribution in [3.8, 4) is 0 Å². The number of hydrogen-bond acceptors (Lipinski definition) is 6. The molecule has 0 unspecified atom stereocenters. The van der Waals surface area contributed by atoms with Gasteiger partial charge in [0.15, 0.2) is 0 Å². The quantitative estimate of drug-likeness (QED) is 0.100. The van der Waals surface area contributed by atoms with Crippen molar-refractivity contribution < 1.29 is 26.3 Å². The molecule has 0 fully saturated rings. The van der Waals surface area contributed by atoms with Crippen molar-refractivity contribution in [2.45, 2.75) is 36.5 Å². The number of allylic oxidation sites excluding steroid dienone is 6. The summed E-state index contributed by atoms with van der Waals surface area (Å²) >= 11 is 7.24. The number of halogens is 2. The minimum absolute atomic E-state index is 0.0332. The molecule has 6 aromatic rings. The molecule has 0 aromatic heterocycles. The van der Waals surface area contributed by atoms with Gasteiger partial charge < -0.3 is 9.47 Å². The molecule has 70 heavy (non-hydrogen) atoms. The number of aryl methyl sites for hydroxylation is 2. The number of benzene rings is 6. The highest BCUT2D eigenvalue weighted by atomic mass is 79.9. The topological polar surface area (TPSA) is 111 Å². The fourth-order valence-corrected chi connectivity index (χ4v) is 9.86. The summed E-state index contributed by atoms with van der Waals surface area (Å²) in [6.45, 7) is 11.6. The molecule has 2 aliphatic rings. The Morgan fingerprint density at radius 2 is 0.800 bits per heavy atom. The van der Waals surface area contributed by atoms with E-state index >= 15 is 0 Å². The third-order valence-electron chi connectivity index (χ3n) is 10.8. The van der Waals surface area contributed by atoms with Gasteiger partial charge in [-0.1, -0.05) is 201 Å². The highest BCUT2D eigenvalue weighted by Crippen LogP contribution is 2.39. The van der Waals surface area contributed by atoms with Gasteiger partial charge in [-0.3, -0.25) is 0 Å². The average molecular weight is 1090 g/mol. The lowest BCUT2D eigenvalue weighted by atomic mass is 9.99. The van der Waals surface area contributed by atoms with Crippen LogP contribution in [0.3, 0.4) is 0 Å². The Morgan fingerprint density at radius 1 is 0.486 bits per heavy atom. The van der Waals surface area contributed by atoms with E-state index < -0.39 is 20.0 Å². The van der Waals surface area contributed by atoms with Gasteiger partial charge in [0.1, 0.15) is 11.5 Å². The predicted molar refractivity (Wildman–Crippen MR) is 293 cm³/mol. The summed E-state index contributed by atoms with van der Waals surface area (Å²) in [6, 6.07) is 52.0. The lowest BCUT2D eigenvalue weighted by molar-refractivity contribution is 0.519. The van der Waals surface area contributed by atoms with Crippen LogP contribution in [-0.2, 0) is 29.5 Å². The molecule has 0 saturated carbocycles. The summed E-state index contributed by atoms with van der Waals surface area (Å²) in [5.41, 5.74) is 8.39. The van der Waals surface area contributed by atoms with Gasteiger partial charge in [0.25, 0.3) is 20.0 Å². The number of rotatable bonds is 14. The van der Waals surface area contributed by atoms with Crippen molar-refractivity contribution in [1.82, 2.24) is 0 Å². The first-order valence-corrected chi connectivity index (χ1v) is 26.5. The molecule has 0 N–H and O–H groups in total. The van der Waals surface area contributed by atoms with Gasteiger partial charge >= 0.3 is 0 Å².